The van der Waals surface area contributed by atoms with Gasteiger partial charge in [0.05, 0.1) is 27.4 Å². The number of nitrogens with one attached hydrogen (secondary N) is 1. The molecule has 0 bridgehead atoms. The number of sulfonamides is 1. The van der Waals surface area contributed by atoms with Gasteiger partial charge in [-0.1, -0.05) is 23.2 Å². The lowest BCUT2D eigenvalue weighted by atomic mass is 10.2. The van der Waals surface area contributed by atoms with Gasteiger partial charge in [0.2, 0.25) is 10.0 Å². The van der Waals surface area contributed by atoms with Crippen LogP contribution in [0.25, 0.3) is 0 Å². The maximum Gasteiger partial charge on any atom is 0.335 e. The third-order valence-corrected chi connectivity index (χ3v) is 4.30. The Morgan fingerprint density at radius 3 is 2.26 bits per heavy atom. The van der Waals surface area contributed by atoms with Gasteiger partial charge >= 0.3 is 5.97 Å². The van der Waals surface area contributed by atoms with Crippen LogP contribution in [0.5, 0.6) is 0 Å². The second-order valence-electron chi connectivity index (χ2n) is 3.54. The molecule has 0 spiro atoms. The van der Waals surface area contributed by atoms with Crippen LogP contribution >= 0.6 is 23.2 Å². The summed E-state index contributed by atoms with van der Waals surface area (Å²) in [5, 5.41) is 15.7. The van der Waals surface area contributed by atoms with Crippen LogP contribution < -0.4 is 4.72 Å². The van der Waals surface area contributed by atoms with Crippen LogP contribution in [0.1, 0.15) is 17.3 Å². The van der Waals surface area contributed by atoms with E-state index in [0.29, 0.717) is 0 Å². The molecule has 0 aliphatic heterocycles. The summed E-state index contributed by atoms with van der Waals surface area (Å²) in [5.41, 5.74) is -0.332. The number of hydrogen-bond donors (Lipinski definition) is 2. The Labute approximate surface area is 119 Å². The molecule has 0 fully saturated rings. The lowest BCUT2D eigenvalue weighted by Crippen LogP contribution is -2.24. The predicted molar refractivity (Wildman–Crippen MR) is 71.0 cm³/mol. The number of halogens is 2. The molecule has 0 aliphatic rings. The first-order valence-electron chi connectivity index (χ1n) is 4.82. The smallest absolute Gasteiger partial charge is 0.335 e. The van der Waals surface area contributed by atoms with E-state index >= 15 is 0 Å². The van der Waals surface area contributed by atoms with E-state index in [1.807, 2.05) is 0 Å². The normalized spacial score (nSPS) is 12.5. The first kappa shape index (κ1) is 15.6. The molecule has 0 heterocycles. The van der Waals surface area contributed by atoms with E-state index in [9.17, 15) is 13.2 Å². The number of nitrogens with zero attached hydrogens (tertiary/aromatic N) is 1. The molecule has 6 nitrogen and oxygen atoms in total. The number of nitriles is 1. The van der Waals surface area contributed by atoms with Gasteiger partial charge in [0, 0.05) is 0 Å². The van der Waals surface area contributed by atoms with Crippen molar-refractivity contribution in [2.45, 2.75) is 12.2 Å². The number of carbonyl (C=O) groups is 1. The molecule has 0 amide bonds. The summed E-state index contributed by atoms with van der Waals surface area (Å²) in [7, 11) is -3.97. The number of aromatic carboxylic acids is 1. The van der Waals surface area contributed by atoms with Crippen LogP contribution in [0, 0.1) is 11.3 Å². The Bertz CT molecular complexity index is 644. The topological polar surface area (TPSA) is 107 Å². The summed E-state index contributed by atoms with van der Waals surface area (Å²) in [5.74, 6) is -1.25. The fraction of sp³-hybridized carbons (Fsp3) is 0.200. The van der Waals surface area contributed by atoms with Crippen molar-refractivity contribution in [3.63, 3.8) is 0 Å². The lowest BCUT2D eigenvalue weighted by molar-refractivity contribution is 0.0697. The van der Waals surface area contributed by atoms with Crippen molar-refractivity contribution in [1.82, 2.24) is 0 Å². The SMILES string of the molecule is CC(C#N)S(=O)(=O)Nc1c(Cl)cc(C(=O)O)cc1Cl. The van der Waals surface area contributed by atoms with Crippen LogP contribution in [0.2, 0.25) is 10.0 Å². The number of rotatable bonds is 4. The van der Waals surface area contributed by atoms with Crippen molar-refractivity contribution >= 4 is 44.9 Å². The van der Waals surface area contributed by atoms with E-state index in [2.05, 4.69) is 4.72 Å². The first-order chi connectivity index (χ1) is 8.69. The van der Waals surface area contributed by atoms with E-state index in [0.717, 1.165) is 12.1 Å². The minimum Gasteiger partial charge on any atom is -0.478 e. The van der Waals surface area contributed by atoms with Gasteiger partial charge in [0.25, 0.3) is 0 Å². The molecule has 1 aromatic rings. The van der Waals surface area contributed by atoms with Crippen LogP contribution in [-0.4, -0.2) is 24.7 Å². The molecule has 2 N–H and O–H groups in total. The highest BCUT2D eigenvalue weighted by molar-refractivity contribution is 7.93. The summed E-state index contributed by atoms with van der Waals surface area (Å²) in [6.07, 6.45) is 0. The zero-order valence-corrected chi connectivity index (χ0v) is 11.8. The Balaban J connectivity index is 3.25. The molecule has 1 atom stereocenters. The van der Waals surface area contributed by atoms with Crippen molar-refractivity contribution in [2.24, 2.45) is 0 Å². The van der Waals surface area contributed by atoms with Gasteiger partial charge in [-0.05, 0) is 19.1 Å². The van der Waals surface area contributed by atoms with Crippen LogP contribution in [-0.2, 0) is 10.0 Å². The second kappa shape index (κ2) is 5.65. The highest BCUT2D eigenvalue weighted by Crippen LogP contribution is 2.33. The maximum absolute atomic E-state index is 11.7. The molecule has 19 heavy (non-hydrogen) atoms. The lowest BCUT2D eigenvalue weighted by Gasteiger charge is -2.12. The third-order valence-electron chi connectivity index (χ3n) is 2.18. The molecule has 1 rings (SSSR count). The van der Waals surface area contributed by atoms with Crippen molar-refractivity contribution in [2.75, 3.05) is 4.72 Å². The van der Waals surface area contributed by atoms with Crippen LogP contribution in [0.15, 0.2) is 12.1 Å². The minimum absolute atomic E-state index is 0.157. The number of hydrogen-bond acceptors (Lipinski definition) is 4. The quantitative estimate of drug-likeness (QED) is 0.884. The van der Waals surface area contributed by atoms with Crippen molar-refractivity contribution in [1.29, 1.82) is 5.26 Å². The molecule has 1 aromatic carbocycles. The van der Waals surface area contributed by atoms with E-state index < -0.39 is 21.2 Å². The van der Waals surface area contributed by atoms with E-state index in [4.69, 9.17) is 33.6 Å². The molecule has 0 aliphatic carbocycles. The van der Waals surface area contributed by atoms with E-state index in [1.165, 1.54) is 6.92 Å². The third kappa shape index (κ3) is 3.50. The Hall–Kier alpha value is -1.49. The molecular weight excluding hydrogens is 315 g/mol. The molecule has 0 radical (unpaired) electrons. The largest absolute Gasteiger partial charge is 0.478 e. The summed E-state index contributed by atoms with van der Waals surface area (Å²) in [6.45, 7) is 1.19. The molecule has 0 saturated heterocycles. The fourth-order valence-corrected chi connectivity index (χ4v) is 2.61. The van der Waals surface area contributed by atoms with Crippen molar-refractivity contribution in [3.05, 3.63) is 27.7 Å². The Kier molecular flexibility index (Phi) is 4.63. The summed E-state index contributed by atoms with van der Waals surface area (Å²) >= 11 is 11.6. The maximum atomic E-state index is 11.7. The van der Waals surface area contributed by atoms with Gasteiger partial charge in [-0.3, -0.25) is 4.72 Å². The summed E-state index contributed by atoms with van der Waals surface area (Å²) in [4.78, 5) is 10.8. The van der Waals surface area contributed by atoms with Gasteiger partial charge in [-0.2, -0.15) is 5.26 Å². The predicted octanol–water partition coefficient (Wildman–Crippen LogP) is 2.35. The number of benzene rings is 1. The molecule has 9 heteroatoms. The highest BCUT2D eigenvalue weighted by Gasteiger charge is 2.23. The zero-order chi connectivity index (χ0) is 14.8. The van der Waals surface area contributed by atoms with Gasteiger partial charge in [-0.25, -0.2) is 13.2 Å². The summed E-state index contributed by atoms with van der Waals surface area (Å²) < 4.78 is 25.4. The minimum atomic E-state index is -3.97. The molecular formula is C10H8Cl2N2O4S. The van der Waals surface area contributed by atoms with Crippen LogP contribution in [0.3, 0.4) is 0 Å². The summed E-state index contributed by atoms with van der Waals surface area (Å²) in [6, 6.07) is 3.68. The standard InChI is InChI=1S/C10H8Cl2N2O4S/c1-5(4-13)19(17,18)14-9-7(11)2-6(10(15)16)3-8(9)12/h2-3,5,14H,1H3,(H,15,16). The fourth-order valence-electron chi connectivity index (χ4n) is 1.09. The van der Waals surface area contributed by atoms with Gasteiger partial charge in [0.1, 0.15) is 0 Å². The number of carboxylic acid groups (broad SMARTS) is 1. The Morgan fingerprint density at radius 1 is 1.42 bits per heavy atom. The average molecular weight is 323 g/mol. The van der Waals surface area contributed by atoms with Crippen LogP contribution in [0.4, 0.5) is 5.69 Å². The average Bonchev–Trinajstić information content (AvgIpc) is 2.32. The number of anilines is 1. The molecule has 102 valence electrons. The molecule has 0 aromatic heterocycles. The Morgan fingerprint density at radius 2 is 1.89 bits per heavy atom. The van der Waals surface area contributed by atoms with Gasteiger partial charge in [-0.15, -0.1) is 0 Å². The van der Waals surface area contributed by atoms with Gasteiger partial charge in [0.15, 0.2) is 5.25 Å². The highest BCUT2D eigenvalue weighted by atomic mass is 35.5. The monoisotopic (exact) mass is 322 g/mol. The molecule has 1 unspecified atom stereocenters. The van der Waals surface area contributed by atoms with E-state index in [-0.39, 0.29) is 21.3 Å². The second-order valence-corrected chi connectivity index (χ2v) is 6.35. The number of carboxylic acids is 1. The molecule has 0 saturated carbocycles. The van der Waals surface area contributed by atoms with Gasteiger partial charge < -0.3 is 5.11 Å². The zero-order valence-electron chi connectivity index (χ0n) is 9.52. The first-order valence-corrected chi connectivity index (χ1v) is 7.13. The van der Waals surface area contributed by atoms with Crippen molar-refractivity contribution < 1.29 is 18.3 Å². The van der Waals surface area contributed by atoms with E-state index in [1.54, 1.807) is 6.07 Å². The van der Waals surface area contributed by atoms with Crippen molar-refractivity contribution in [3.8, 4) is 6.07 Å².